The summed E-state index contributed by atoms with van der Waals surface area (Å²) < 4.78 is 14.7. The Hall–Kier alpha value is -3.13. The second-order valence-corrected chi connectivity index (χ2v) is 5.51. The van der Waals surface area contributed by atoms with Gasteiger partial charge in [-0.25, -0.2) is 9.49 Å². The molecule has 1 amide bonds. The van der Waals surface area contributed by atoms with Gasteiger partial charge in [0.15, 0.2) is 11.5 Å². The number of nitrogens with one attached hydrogen (secondary N) is 2. The monoisotopic (exact) mass is 339 g/mol. The van der Waals surface area contributed by atoms with Crippen LogP contribution in [0.5, 0.6) is 0 Å². The van der Waals surface area contributed by atoms with E-state index in [2.05, 4.69) is 20.6 Å². The lowest BCUT2D eigenvalue weighted by atomic mass is 10.1. The fourth-order valence-electron chi connectivity index (χ4n) is 2.47. The number of halogens is 1. The second kappa shape index (κ2) is 5.50. The zero-order valence-electron chi connectivity index (χ0n) is 12.2. The van der Waals surface area contributed by atoms with Crippen LogP contribution in [0.2, 0.25) is 0 Å². The van der Waals surface area contributed by atoms with E-state index in [-0.39, 0.29) is 22.2 Å². The molecule has 0 aliphatic carbocycles. The van der Waals surface area contributed by atoms with E-state index >= 15 is 0 Å². The molecule has 2 heterocycles. The van der Waals surface area contributed by atoms with Gasteiger partial charge >= 0.3 is 0 Å². The Morgan fingerprint density at radius 2 is 1.88 bits per heavy atom. The van der Waals surface area contributed by atoms with Crippen molar-refractivity contribution < 1.29 is 9.18 Å². The quantitative estimate of drug-likeness (QED) is 0.705. The summed E-state index contributed by atoms with van der Waals surface area (Å²) >= 11 is 5.20. The van der Waals surface area contributed by atoms with Crippen molar-refractivity contribution in [2.45, 2.75) is 0 Å². The Morgan fingerprint density at radius 1 is 1.12 bits per heavy atom. The maximum absolute atomic E-state index is 13.1. The summed E-state index contributed by atoms with van der Waals surface area (Å²) in [4.78, 5) is 12.2. The zero-order chi connectivity index (χ0) is 16.7. The highest BCUT2D eigenvalue weighted by molar-refractivity contribution is 7.71. The highest BCUT2D eigenvalue weighted by Crippen LogP contribution is 2.24. The number of rotatable bonds is 2. The van der Waals surface area contributed by atoms with Crippen molar-refractivity contribution in [3.8, 4) is 11.4 Å². The molecule has 6 nitrogen and oxygen atoms in total. The van der Waals surface area contributed by atoms with Crippen molar-refractivity contribution in [3.63, 3.8) is 0 Å². The summed E-state index contributed by atoms with van der Waals surface area (Å²) in [7, 11) is 0. The van der Waals surface area contributed by atoms with Crippen molar-refractivity contribution in [3.05, 3.63) is 64.7 Å². The van der Waals surface area contributed by atoms with Gasteiger partial charge in [0.2, 0.25) is 4.77 Å². The number of hydrogen-bond acceptors (Lipinski definition) is 4. The highest BCUT2D eigenvalue weighted by Gasteiger charge is 2.26. The molecule has 1 aliphatic heterocycles. The molecule has 0 saturated carbocycles. The number of anilines is 1. The van der Waals surface area contributed by atoms with E-state index in [1.54, 1.807) is 24.3 Å². The van der Waals surface area contributed by atoms with Crippen molar-refractivity contribution in [1.29, 1.82) is 0 Å². The van der Waals surface area contributed by atoms with Gasteiger partial charge in [-0.1, -0.05) is 18.2 Å². The molecule has 3 aromatic rings. The lowest BCUT2D eigenvalue weighted by Crippen LogP contribution is -2.16. The summed E-state index contributed by atoms with van der Waals surface area (Å²) in [5.74, 6) is -0.274. The van der Waals surface area contributed by atoms with E-state index in [4.69, 9.17) is 12.2 Å². The van der Waals surface area contributed by atoms with Gasteiger partial charge in [-0.05, 0) is 42.5 Å². The van der Waals surface area contributed by atoms with E-state index in [9.17, 15) is 9.18 Å². The standard InChI is InChI=1S/C16H10FN5OS/c17-10-7-5-9(6-8-10)14-19-20-16(24)22(14)21-13-11-3-1-2-4-12(11)18-15(13)23/h1-8H,(H,20,24)(H,18,21,23). The summed E-state index contributed by atoms with van der Waals surface area (Å²) in [6, 6.07) is 13.0. The summed E-state index contributed by atoms with van der Waals surface area (Å²) in [6.07, 6.45) is 0. The topological polar surface area (TPSA) is 75.1 Å². The average Bonchev–Trinajstić information content (AvgIpc) is 3.10. The Labute approximate surface area is 140 Å². The van der Waals surface area contributed by atoms with E-state index in [0.717, 1.165) is 0 Å². The Bertz CT molecular complexity index is 1040. The van der Waals surface area contributed by atoms with Crippen LogP contribution in [0.1, 0.15) is 5.56 Å². The first-order valence-electron chi connectivity index (χ1n) is 7.06. The van der Waals surface area contributed by atoms with E-state index in [1.807, 2.05) is 12.1 Å². The number of amides is 1. The molecule has 0 spiro atoms. The number of para-hydroxylation sites is 1. The van der Waals surface area contributed by atoms with Crippen molar-refractivity contribution in [1.82, 2.24) is 14.9 Å². The van der Waals surface area contributed by atoms with E-state index in [0.29, 0.717) is 22.6 Å². The molecule has 0 bridgehead atoms. The van der Waals surface area contributed by atoms with Gasteiger partial charge in [0, 0.05) is 11.1 Å². The fourth-order valence-corrected chi connectivity index (χ4v) is 2.64. The molecule has 2 aromatic carbocycles. The van der Waals surface area contributed by atoms with Gasteiger partial charge < -0.3 is 5.32 Å². The molecule has 1 aliphatic rings. The van der Waals surface area contributed by atoms with Gasteiger partial charge in [0.25, 0.3) is 5.91 Å². The Balaban J connectivity index is 1.87. The second-order valence-electron chi connectivity index (χ2n) is 5.12. The third kappa shape index (κ3) is 2.33. The van der Waals surface area contributed by atoms with E-state index < -0.39 is 0 Å². The number of hydrogen-bond donors (Lipinski definition) is 2. The predicted octanol–water partition coefficient (Wildman–Crippen LogP) is 2.95. The smallest absolute Gasteiger partial charge is 0.276 e. The third-order valence-corrected chi connectivity index (χ3v) is 3.86. The lowest BCUT2D eigenvalue weighted by Gasteiger charge is -2.02. The Kier molecular flexibility index (Phi) is 3.31. The molecule has 24 heavy (non-hydrogen) atoms. The maximum Gasteiger partial charge on any atom is 0.276 e. The van der Waals surface area contributed by atoms with Crippen molar-refractivity contribution >= 4 is 29.5 Å². The van der Waals surface area contributed by atoms with Crippen LogP contribution in [-0.4, -0.2) is 26.5 Å². The number of fused-ring (bicyclic) bond motifs is 1. The number of nitrogens with zero attached hydrogens (tertiary/aromatic N) is 3. The molecule has 4 rings (SSSR count). The molecule has 1 aromatic heterocycles. The average molecular weight is 339 g/mol. The fraction of sp³-hybridized carbons (Fsp3) is 0. The molecule has 118 valence electrons. The number of H-pyrrole nitrogens is 1. The minimum absolute atomic E-state index is 0.235. The molecule has 2 N–H and O–H groups in total. The molecule has 0 atom stereocenters. The van der Waals surface area contributed by atoms with Gasteiger partial charge in [-0.3, -0.25) is 4.79 Å². The highest BCUT2D eigenvalue weighted by atomic mass is 32.1. The van der Waals surface area contributed by atoms with Gasteiger partial charge in [-0.15, -0.1) is 0 Å². The zero-order valence-corrected chi connectivity index (χ0v) is 13.0. The van der Waals surface area contributed by atoms with Crippen LogP contribution in [0.3, 0.4) is 0 Å². The molecule has 0 saturated heterocycles. The van der Waals surface area contributed by atoms with Crippen LogP contribution >= 0.6 is 12.2 Å². The van der Waals surface area contributed by atoms with Crippen LogP contribution in [0.15, 0.2) is 53.6 Å². The minimum atomic E-state index is -0.352. The summed E-state index contributed by atoms with van der Waals surface area (Å²) in [5, 5.41) is 13.9. The van der Waals surface area contributed by atoms with Gasteiger partial charge in [-0.2, -0.15) is 14.9 Å². The summed E-state index contributed by atoms with van der Waals surface area (Å²) in [5.41, 5.74) is 2.25. The SMILES string of the molecule is O=C1Nc2ccccc2C1=Nn1c(-c2ccc(F)cc2)n[nH]c1=S. The first kappa shape index (κ1) is 14.5. The molecule has 0 fully saturated rings. The molecular formula is C16H10FN5OS. The van der Waals surface area contributed by atoms with Crippen LogP contribution < -0.4 is 5.32 Å². The molecule has 8 heteroatoms. The number of carbonyl (C=O) groups excluding carboxylic acids is 1. The van der Waals surface area contributed by atoms with Crippen molar-refractivity contribution in [2.24, 2.45) is 5.10 Å². The third-order valence-electron chi connectivity index (χ3n) is 3.60. The van der Waals surface area contributed by atoms with Crippen LogP contribution in [0.25, 0.3) is 11.4 Å². The predicted molar refractivity (Wildman–Crippen MR) is 89.8 cm³/mol. The molecule has 0 radical (unpaired) electrons. The van der Waals surface area contributed by atoms with E-state index in [1.165, 1.54) is 16.8 Å². The largest absolute Gasteiger partial charge is 0.320 e. The number of aromatic nitrogens is 3. The van der Waals surface area contributed by atoms with Crippen LogP contribution in [0, 0.1) is 10.6 Å². The molecule has 0 unspecified atom stereocenters. The number of aromatic amines is 1. The lowest BCUT2D eigenvalue weighted by molar-refractivity contribution is -0.110. The minimum Gasteiger partial charge on any atom is -0.320 e. The number of benzene rings is 2. The molecular weight excluding hydrogens is 329 g/mol. The number of carbonyl (C=O) groups is 1. The first-order valence-corrected chi connectivity index (χ1v) is 7.47. The van der Waals surface area contributed by atoms with Crippen LogP contribution in [-0.2, 0) is 4.79 Å². The maximum atomic E-state index is 13.1. The van der Waals surface area contributed by atoms with Crippen LogP contribution in [0.4, 0.5) is 10.1 Å². The summed E-state index contributed by atoms with van der Waals surface area (Å²) in [6.45, 7) is 0. The van der Waals surface area contributed by atoms with Gasteiger partial charge in [0.05, 0.1) is 5.69 Å². The first-order chi connectivity index (χ1) is 11.6. The normalized spacial score (nSPS) is 14.7. The Morgan fingerprint density at radius 3 is 2.67 bits per heavy atom. The van der Waals surface area contributed by atoms with Crippen molar-refractivity contribution in [2.75, 3.05) is 5.32 Å². The van der Waals surface area contributed by atoms with Gasteiger partial charge in [0.1, 0.15) is 5.82 Å².